The number of benzene rings is 4. The normalized spacial score (nSPS) is 11.4. The fourth-order valence-electron chi connectivity index (χ4n) is 3.99. The van der Waals surface area contributed by atoms with Crippen molar-refractivity contribution in [1.29, 1.82) is 0 Å². The first kappa shape index (κ1) is 23.5. The van der Waals surface area contributed by atoms with Crippen LogP contribution in [0.5, 0.6) is 0 Å². The number of anilines is 2. The molecule has 34 heavy (non-hydrogen) atoms. The number of carbonyl (C=O) groups excluding carboxylic acids is 1. The first-order valence-electron chi connectivity index (χ1n) is 11.1. The molecule has 0 bridgehead atoms. The van der Waals surface area contributed by atoms with Crippen molar-refractivity contribution in [3.05, 3.63) is 101 Å². The number of nitrogens with zero attached hydrogens (tertiary/aromatic N) is 1. The van der Waals surface area contributed by atoms with Gasteiger partial charge in [-0.2, -0.15) is 0 Å². The average molecular weight is 473 g/mol. The van der Waals surface area contributed by atoms with Crippen LogP contribution < -0.4 is 9.62 Å². The molecule has 0 fully saturated rings. The summed E-state index contributed by atoms with van der Waals surface area (Å²) in [5, 5.41) is 4.30. The van der Waals surface area contributed by atoms with Crippen molar-refractivity contribution in [3.63, 3.8) is 0 Å². The Morgan fingerprint density at radius 3 is 2.26 bits per heavy atom. The van der Waals surface area contributed by atoms with Gasteiger partial charge in [0, 0.05) is 11.1 Å². The maximum atomic E-state index is 14.0. The molecule has 0 unspecified atom stereocenters. The van der Waals surface area contributed by atoms with E-state index in [1.807, 2.05) is 82.3 Å². The van der Waals surface area contributed by atoms with Crippen LogP contribution in [0.25, 0.3) is 10.8 Å². The van der Waals surface area contributed by atoms with Crippen LogP contribution in [-0.4, -0.2) is 20.9 Å². The zero-order valence-corrected chi connectivity index (χ0v) is 20.6. The molecule has 0 spiro atoms. The predicted molar refractivity (Wildman–Crippen MR) is 139 cm³/mol. The SMILES string of the molecule is Cc1ccc(NC(=O)CN(c2cccc(C)c2C)S(=O)(=O)c2cccc3ccccc23)cc1C. The second kappa shape index (κ2) is 9.31. The Labute approximate surface area is 201 Å². The highest BCUT2D eigenvalue weighted by molar-refractivity contribution is 7.93. The van der Waals surface area contributed by atoms with Crippen molar-refractivity contribution in [2.75, 3.05) is 16.2 Å². The van der Waals surface area contributed by atoms with Crippen LogP contribution in [-0.2, 0) is 14.8 Å². The summed E-state index contributed by atoms with van der Waals surface area (Å²) in [6.45, 7) is 7.43. The van der Waals surface area contributed by atoms with Crippen LogP contribution in [0, 0.1) is 27.7 Å². The third-order valence-corrected chi connectivity index (χ3v) is 8.06. The number of amides is 1. The molecule has 5 nitrogen and oxygen atoms in total. The molecule has 1 amide bonds. The van der Waals surface area contributed by atoms with E-state index in [-0.39, 0.29) is 11.4 Å². The Hall–Kier alpha value is -3.64. The molecule has 0 aliphatic rings. The lowest BCUT2D eigenvalue weighted by Gasteiger charge is -2.27. The summed E-state index contributed by atoms with van der Waals surface area (Å²) in [5.74, 6) is -0.409. The first-order chi connectivity index (χ1) is 16.2. The van der Waals surface area contributed by atoms with Crippen molar-refractivity contribution in [3.8, 4) is 0 Å². The van der Waals surface area contributed by atoms with E-state index in [9.17, 15) is 13.2 Å². The minimum absolute atomic E-state index is 0.172. The van der Waals surface area contributed by atoms with Crippen molar-refractivity contribution in [1.82, 2.24) is 0 Å². The van der Waals surface area contributed by atoms with Crippen molar-refractivity contribution >= 4 is 38.1 Å². The molecular weight excluding hydrogens is 444 g/mol. The molecule has 4 aromatic carbocycles. The summed E-state index contributed by atoms with van der Waals surface area (Å²) in [7, 11) is -4.05. The van der Waals surface area contributed by atoms with Crippen LogP contribution in [0.3, 0.4) is 0 Å². The molecule has 1 N–H and O–H groups in total. The maximum absolute atomic E-state index is 14.0. The number of sulfonamides is 1. The molecule has 0 aliphatic carbocycles. The Balaban J connectivity index is 1.79. The Kier molecular flexibility index (Phi) is 6.44. The Morgan fingerprint density at radius 2 is 1.50 bits per heavy atom. The van der Waals surface area contributed by atoms with E-state index >= 15 is 0 Å². The zero-order valence-electron chi connectivity index (χ0n) is 19.8. The quantitative estimate of drug-likeness (QED) is 0.379. The molecular formula is C28H28N2O3S. The molecule has 0 aromatic heterocycles. The number of aryl methyl sites for hydroxylation is 3. The van der Waals surface area contributed by atoms with Crippen LogP contribution in [0.4, 0.5) is 11.4 Å². The summed E-state index contributed by atoms with van der Waals surface area (Å²) in [4.78, 5) is 13.3. The molecule has 0 radical (unpaired) electrons. The number of carbonyl (C=O) groups is 1. The van der Waals surface area contributed by atoms with Gasteiger partial charge in [0.2, 0.25) is 5.91 Å². The molecule has 4 rings (SSSR count). The first-order valence-corrected chi connectivity index (χ1v) is 12.6. The lowest BCUT2D eigenvalue weighted by Crippen LogP contribution is -2.38. The van der Waals surface area contributed by atoms with Gasteiger partial charge in [-0.25, -0.2) is 8.42 Å². The third kappa shape index (κ3) is 4.54. The van der Waals surface area contributed by atoms with Gasteiger partial charge in [-0.05, 0) is 79.6 Å². The van der Waals surface area contributed by atoms with Gasteiger partial charge in [0.25, 0.3) is 10.0 Å². The molecule has 0 saturated carbocycles. The van der Waals surface area contributed by atoms with Gasteiger partial charge >= 0.3 is 0 Å². The van der Waals surface area contributed by atoms with Gasteiger partial charge in [-0.3, -0.25) is 9.10 Å². The standard InChI is InChI=1S/C28H28N2O3S/c1-19-15-16-24(17-21(19)3)29-28(31)18-30(26-13-7-9-20(2)22(26)4)34(32,33)27-14-8-11-23-10-5-6-12-25(23)27/h5-17H,18H2,1-4H3,(H,29,31). The monoisotopic (exact) mass is 472 g/mol. The van der Waals surface area contributed by atoms with Crippen LogP contribution in [0.2, 0.25) is 0 Å². The number of hydrogen-bond acceptors (Lipinski definition) is 3. The summed E-state index contributed by atoms with van der Waals surface area (Å²) in [5.41, 5.74) is 5.05. The average Bonchev–Trinajstić information content (AvgIpc) is 2.81. The van der Waals surface area contributed by atoms with Crippen molar-refractivity contribution in [2.24, 2.45) is 0 Å². The summed E-state index contributed by atoms with van der Waals surface area (Å²) in [6.07, 6.45) is 0. The molecule has 6 heteroatoms. The van der Waals surface area contributed by atoms with E-state index in [4.69, 9.17) is 0 Å². The van der Waals surface area contributed by atoms with E-state index in [0.29, 0.717) is 16.8 Å². The summed E-state index contributed by atoms with van der Waals surface area (Å²) in [6, 6.07) is 23.7. The number of fused-ring (bicyclic) bond motifs is 1. The molecule has 174 valence electrons. The fourth-order valence-corrected chi connectivity index (χ4v) is 5.69. The van der Waals surface area contributed by atoms with Gasteiger partial charge < -0.3 is 5.32 Å². The Morgan fingerprint density at radius 1 is 0.794 bits per heavy atom. The molecule has 0 aliphatic heterocycles. The van der Waals surface area contributed by atoms with Crippen LogP contribution in [0.15, 0.2) is 83.8 Å². The fraction of sp³-hybridized carbons (Fsp3) is 0.179. The highest BCUT2D eigenvalue weighted by atomic mass is 32.2. The van der Waals surface area contributed by atoms with E-state index in [0.717, 1.165) is 27.6 Å². The predicted octanol–water partition coefficient (Wildman–Crippen LogP) is 5.91. The minimum atomic E-state index is -4.05. The minimum Gasteiger partial charge on any atom is -0.325 e. The molecule has 0 atom stereocenters. The van der Waals surface area contributed by atoms with Gasteiger partial charge in [0.05, 0.1) is 10.6 Å². The highest BCUT2D eigenvalue weighted by Gasteiger charge is 2.30. The largest absolute Gasteiger partial charge is 0.325 e. The topological polar surface area (TPSA) is 66.5 Å². The third-order valence-electron chi connectivity index (χ3n) is 6.24. The number of nitrogens with one attached hydrogen (secondary N) is 1. The van der Waals surface area contributed by atoms with Crippen LogP contribution >= 0.6 is 0 Å². The van der Waals surface area contributed by atoms with Gasteiger partial charge in [0.15, 0.2) is 0 Å². The second-order valence-electron chi connectivity index (χ2n) is 8.56. The van der Waals surface area contributed by atoms with Crippen molar-refractivity contribution < 1.29 is 13.2 Å². The second-order valence-corrected chi connectivity index (χ2v) is 10.4. The number of hydrogen-bond donors (Lipinski definition) is 1. The molecule has 4 aromatic rings. The van der Waals surface area contributed by atoms with Gasteiger partial charge in [0.1, 0.15) is 6.54 Å². The van der Waals surface area contributed by atoms with Gasteiger partial charge in [-0.1, -0.05) is 54.6 Å². The van der Waals surface area contributed by atoms with Gasteiger partial charge in [-0.15, -0.1) is 0 Å². The van der Waals surface area contributed by atoms with Crippen molar-refractivity contribution in [2.45, 2.75) is 32.6 Å². The smallest absolute Gasteiger partial charge is 0.265 e. The zero-order chi connectivity index (χ0) is 24.5. The van der Waals surface area contributed by atoms with E-state index in [1.54, 1.807) is 24.3 Å². The molecule has 0 heterocycles. The van der Waals surface area contributed by atoms with E-state index in [2.05, 4.69) is 5.32 Å². The lowest BCUT2D eigenvalue weighted by molar-refractivity contribution is -0.114. The molecule has 0 saturated heterocycles. The maximum Gasteiger partial charge on any atom is 0.265 e. The summed E-state index contributed by atoms with van der Waals surface area (Å²) >= 11 is 0. The van der Waals surface area contributed by atoms with E-state index in [1.165, 1.54) is 4.31 Å². The summed E-state index contributed by atoms with van der Waals surface area (Å²) < 4.78 is 29.3. The highest BCUT2D eigenvalue weighted by Crippen LogP contribution is 2.32. The lowest BCUT2D eigenvalue weighted by atomic mass is 10.1. The number of rotatable bonds is 6. The Bertz CT molecular complexity index is 1490. The van der Waals surface area contributed by atoms with Crippen LogP contribution in [0.1, 0.15) is 22.3 Å². The van der Waals surface area contributed by atoms with E-state index < -0.39 is 15.9 Å².